The number of amides is 1. The number of hydrogen-bond acceptors (Lipinski definition) is 3. The molecule has 1 amide bonds. The summed E-state index contributed by atoms with van der Waals surface area (Å²) in [6, 6.07) is 8.09. The first kappa shape index (κ1) is 14.5. The maximum absolute atomic E-state index is 12.0. The Morgan fingerprint density at radius 3 is 3.16 bits per heavy atom. The summed E-state index contributed by atoms with van der Waals surface area (Å²) in [4.78, 5) is 14.2. The smallest absolute Gasteiger partial charge is 0.238 e. The summed E-state index contributed by atoms with van der Waals surface area (Å²) in [6.07, 6.45) is 0.855. The van der Waals surface area contributed by atoms with Crippen molar-refractivity contribution >= 4 is 21.8 Å². The Kier molecular flexibility index (Phi) is 5.36. The Bertz CT molecular complexity index is 438. The van der Waals surface area contributed by atoms with E-state index in [0.717, 1.165) is 30.5 Å². The van der Waals surface area contributed by atoms with Gasteiger partial charge in [-0.15, -0.1) is 0 Å². The first-order valence-corrected chi connectivity index (χ1v) is 7.38. The highest BCUT2D eigenvalue weighted by Gasteiger charge is 2.22. The molecule has 1 atom stereocenters. The molecule has 0 aromatic heterocycles. The zero-order chi connectivity index (χ0) is 13.7. The van der Waals surface area contributed by atoms with Gasteiger partial charge in [-0.3, -0.25) is 4.79 Å². The third kappa shape index (κ3) is 4.60. The molecular weight excluding hydrogens is 306 g/mol. The van der Waals surface area contributed by atoms with Crippen LogP contribution in [0.2, 0.25) is 0 Å². The van der Waals surface area contributed by atoms with Crippen LogP contribution in [0.5, 0.6) is 0 Å². The van der Waals surface area contributed by atoms with Gasteiger partial charge in [-0.1, -0.05) is 28.1 Å². The van der Waals surface area contributed by atoms with E-state index in [-0.39, 0.29) is 11.9 Å². The normalized spacial score (nSPS) is 20.2. The minimum Gasteiger partial charge on any atom is -0.354 e. The van der Waals surface area contributed by atoms with E-state index in [4.69, 9.17) is 0 Å². The number of nitrogens with zero attached hydrogens (tertiary/aromatic N) is 1. The predicted octanol–water partition coefficient (Wildman–Crippen LogP) is 1.01. The monoisotopic (exact) mass is 325 g/mol. The Morgan fingerprint density at radius 2 is 2.42 bits per heavy atom. The van der Waals surface area contributed by atoms with E-state index < -0.39 is 0 Å². The van der Waals surface area contributed by atoms with Crippen molar-refractivity contribution in [2.75, 3.05) is 33.2 Å². The number of halogens is 1. The maximum Gasteiger partial charge on any atom is 0.238 e. The van der Waals surface area contributed by atoms with E-state index >= 15 is 0 Å². The van der Waals surface area contributed by atoms with E-state index in [1.807, 2.05) is 19.2 Å². The van der Waals surface area contributed by atoms with Crippen molar-refractivity contribution < 1.29 is 4.79 Å². The molecule has 0 saturated carbocycles. The molecule has 0 spiro atoms. The molecule has 1 aliphatic heterocycles. The summed E-state index contributed by atoms with van der Waals surface area (Å²) in [5, 5.41) is 6.24. The van der Waals surface area contributed by atoms with Crippen molar-refractivity contribution in [3.8, 4) is 0 Å². The van der Waals surface area contributed by atoms with Crippen LogP contribution in [0.25, 0.3) is 0 Å². The van der Waals surface area contributed by atoms with Crippen LogP contribution < -0.4 is 10.6 Å². The van der Waals surface area contributed by atoms with Gasteiger partial charge in [0.25, 0.3) is 0 Å². The summed E-state index contributed by atoms with van der Waals surface area (Å²) in [6.45, 7) is 3.34. The van der Waals surface area contributed by atoms with E-state index in [0.29, 0.717) is 6.54 Å². The molecule has 1 aromatic carbocycles. The average molecular weight is 326 g/mol. The topological polar surface area (TPSA) is 44.4 Å². The Labute approximate surface area is 122 Å². The van der Waals surface area contributed by atoms with E-state index in [9.17, 15) is 4.79 Å². The van der Waals surface area contributed by atoms with Gasteiger partial charge in [-0.2, -0.15) is 0 Å². The molecule has 1 fully saturated rings. The maximum atomic E-state index is 12.0. The summed E-state index contributed by atoms with van der Waals surface area (Å²) in [7, 11) is 2.04. The largest absolute Gasteiger partial charge is 0.354 e. The second kappa shape index (κ2) is 7.03. The highest BCUT2D eigenvalue weighted by atomic mass is 79.9. The number of benzene rings is 1. The summed E-state index contributed by atoms with van der Waals surface area (Å²) < 4.78 is 1.08. The lowest BCUT2D eigenvalue weighted by molar-refractivity contribution is -0.124. The fourth-order valence-electron chi connectivity index (χ4n) is 2.22. The Balaban J connectivity index is 1.74. The highest BCUT2D eigenvalue weighted by Crippen LogP contribution is 2.11. The SMILES string of the molecule is CN1CCNC(C(=O)NCCc2cccc(Br)c2)C1. The molecule has 1 unspecified atom stereocenters. The zero-order valence-electron chi connectivity index (χ0n) is 11.2. The quantitative estimate of drug-likeness (QED) is 0.868. The number of hydrogen-bond donors (Lipinski definition) is 2. The molecule has 4 nitrogen and oxygen atoms in total. The molecule has 104 valence electrons. The van der Waals surface area contributed by atoms with Crippen molar-refractivity contribution in [1.29, 1.82) is 0 Å². The van der Waals surface area contributed by atoms with Crippen molar-refractivity contribution in [3.05, 3.63) is 34.3 Å². The van der Waals surface area contributed by atoms with Crippen molar-refractivity contribution in [2.45, 2.75) is 12.5 Å². The minimum atomic E-state index is -0.0822. The van der Waals surface area contributed by atoms with Crippen molar-refractivity contribution in [2.24, 2.45) is 0 Å². The highest BCUT2D eigenvalue weighted by molar-refractivity contribution is 9.10. The van der Waals surface area contributed by atoms with Gasteiger partial charge < -0.3 is 15.5 Å². The zero-order valence-corrected chi connectivity index (χ0v) is 12.7. The van der Waals surface area contributed by atoms with Crippen molar-refractivity contribution in [1.82, 2.24) is 15.5 Å². The van der Waals surface area contributed by atoms with Gasteiger partial charge in [0, 0.05) is 30.7 Å². The van der Waals surface area contributed by atoms with Gasteiger partial charge in [0.2, 0.25) is 5.91 Å². The molecule has 1 heterocycles. The van der Waals surface area contributed by atoms with Gasteiger partial charge in [0.1, 0.15) is 0 Å². The lowest BCUT2D eigenvalue weighted by Gasteiger charge is -2.29. The van der Waals surface area contributed by atoms with Gasteiger partial charge in [0.15, 0.2) is 0 Å². The van der Waals surface area contributed by atoms with Gasteiger partial charge in [0.05, 0.1) is 6.04 Å². The third-order valence-corrected chi connectivity index (χ3v) is 3.79. The molecule has 0 bridgehead atoms. The molecule has 2 N–H and O–H groups in total. The van der Waals surface area contributed by atoms with Crippen LogP contribution in [-0.4, -0.2) is 50.1 Å². The first-order valence-electron chi connectivity index (χ1n) is 6.59. The number of rotatable bonds is 4. The van der Waals surface area contributed by atoms with Gasteiger partial charge in [-0.05, 0) is 31.2 Å². The third-order valence-electron chi connectivity index (χ3n) is 3.30. The Hall–Kier alpha value is -0.910. The Morgan fingerprint density at radius 1 is 1.58 bits per heavy atom. The van der Waals surface area contributed by atoms with Gasteiger partial charge >= 0.3 is 0 Å². The first-order chi connectivity index (χ1) is 9.15. The molecule has 2 rings (SSSR count). The molecule has 5 heteroatoms. The van der Waals surface area contributed by atoms with Crippen LogP contribution >= 0.6 is 15.9 Å². The molecule has 0 aliphatic carbocycles. The van der Waals surface area contributed by atoms with Crippen LogP contribution in [0.15, 0.2) is 28.7 Å². The molecule has 19 heavy (non-hydrogen) atoms. The lowest BCUT2D eigenvalue weighted by Crippen LogP contribution is -2.56. The van der Waals surface area contributed by atoms with Crippen molar-refractivity contribution in [3.63, 3.8) is 0 Å². The lowest BCUT2D eigenvalue weighted by atomic mass is 10.1. The van der Waals surface area contributed by atoms with E-state index in [1.54, 1.807) is 0 Å². The van der Waals surface area contributed by atoms with E-state index in [1.165, 1.54) is 5.56 Å². The van der Waals surface area contributed by atoms with E-state index in [2.05, 4.69) is 43.6 Å². The summed E-state index contributed by atoms with van der Waals surface area (Å²) in [5.41, 5.74) is 1.23. The van der Waals surface area contributed by atoms with Crippen LogP contribution in [0.3, 0.4) is 0 Å². The number of carbonyl (C=O) groups excluding carboxylic acids is 1. The standard InChI is InChI=1S/C14H20BrN3O/c1-18-8-7-16-13(10-18)14(19)17-6-5-11-3-2-4-12(15)9-11/h2-4,9,13,16H,5-8,10H2,1H3,(H,17,19). The van der Waals surface area contributed by atoms with Crippen LogP contribution in [0.1, 0.15) is 5.56 Å². The fourth-order valence-corrected chi connectivity index (χ4v) is 2.67. The number of carbonyl (C=O) groups is 1. The average Bonchev–Trinajstić information content (AvgIpc) is 2.38. The number of nitrogens with one attached hydrogen (secondary N) is 2. The van der Waals surface area contributed by atoms with Crippen LogP contribution in [0.4, 0.5) is 0 Å². The summed E-state index contributed by atoms with van der Waals surface area (Å²) in [5.74, 6) is 0.0987. The predicted molar refractivity (Wildman–Crippen MR) is 80.1 cm³/mol. The minimum absolute atomic E-state index is 0.0822. The van der Waals surface area contributed by atoms with Crippen LogP contribution in [-0.2, 0) is 11.2 Å². The molecule has 0 radical (unpaired) electrons. The number of likely N-dealkylation sites (N-methyl/N-ethyl adjacent to an activating group) is 1. The fraction of sp³-hybridized carbons (Fsp3) is 0.500. The summed E-state index contributed by atoms with van der Waals surface area (Å²) >= 11 is 3.45. The molecular formula is C14H20BrN3O. The number of piperazine rings is 1. The van der Waals surface area contributed by atoms with Gasteiger partial charge in [-0.25, -0.2) is 0 Å². The van der Waals surface area contributed by atoms with Crippen LogP contribution in [0, 0.1) is 0 Å². The second-order valence-corrected chi connectivity index (χ2v) is 5.86. The molecule has 1 aromatic rings. The molecule has 1 aliphatic rings. The second-order valence-electron chi connectivity index (χ2n) is 4.94. The molecule has 1 saturated heterocycles.